The predicted molar refractivity (Wildman–Crippen MR) is 65.8 cm³/mol. The second-order valence-corrected chi connectivity index (χ2v) is 3.99. The molecule has 0 bridgehead atoms. The van der Waals surface area contributed by atoms with Gasteiger partial charge in [0.15, 0.2) is 6.10 Å². The highest BCUT2D eigenvalue weighted by molar-refractivity contribution is 5.89. The Hall–Kier alpha value is -1.95. The van der Waals surface area contributed by atoms with Crippen molar-refractivity contribution in [3.63, 3.8) is 0 Å². The van der Waals surface area contributed by atoms with Crippen molar-refractivity contribution in [3.05, 3.63) is 0 Å². The Morgan fingerprint density at radius 2 is 1.70 bits per heavy atom. The van der Waals surface area contributed by atoms with Crippen LogP contribution in [0.15, 0.2) is 0 Å². The second-order valence-electron chi connectivity index (χ2n) is 3.99. The van der Waals surface area contributed by atoms with Crippen molar-refractivity contribution in [2.75, 3.05) is 13.2 Å². The summed E-state index contributed by atoms with van der Waals surface area (Å²) in [7, 11) is 0. The van der Waals surface area contributed by atoms with E-state index in [9.17, 15) is 24.6 Å². The maximum Gasteiger partial charge on any atom is 0.312 e. The van der Waals surface area contributed by atoms with E-state index in [2.05, 4.69) is 0 Å². The van der Waals surface area contributed by atoms with Gasteiger partial charge < -0.3 is 43.2 Å². The Morgan fingerprint density at radius 3 is 2.10 bits per heavy atom. The number of rotatable bonds is 8. The van der Waals surface area contributed by atoms with E-state index in [4.69, 9.17) is 22.3 Å². The summed E-state index contributed by atoms with van der Waals surface area (Å²) >= 11 is 0. The van der Waals surface area contributed by atoms with Crippen LogP contribution in [-0.2, 0) is 9.59 Å². The molecule has 11 heteroatoms. The summed E-state index contributed by atoms with van der Waals surface area (Å²) in [5, 5.41) is 31.6. The molecule has 0 fully saturated rings. The first kappa shape index (κ1) is 18.0. The summed E-state index contributed by atoms with van der Waals surface area (Å²) in [5.41, 5.74) is 15.0. The molecule has 0 radical (unpaired) electrons. The summed E-state index contributed by atoms with van der Waals surface area (Å²) < 4.78 is 0. The molecule has 0 heterocycles. The van der Waals surface area contributed by atoms with E-state index in [0.717, 1.165) is 0 Å². The molecule has 20 heavy (non-hydrogen) atoms. The van der Waals surface area contributed by atoms with Gasteiger partial charge in [-0.25, -0.2) is 4.79 Å². The third-order valence-corrected chi connectivity index (χ3v) is 2.38. The number of nitrogens with one attached hydrogen (secondary N) is 2. The summed E-state index contributed by atoms with van der Waals surface area (Å²) in [6, 6.07) is -3.51. The van der Waals surface area contributed by atoms with Crippen molar-refractivity contribution in [1.29, 1.82) is 0 Å². The topological polar surface area (TPSA) is 214 Å². The van der Waals surface area contributed by atoms with Gasteiger partial charge in [0.05, 0.1) is 12.6 Å². The van der Waals surface area contributed by atoms with Crippen molar-refractivity contribution in [2.24, 2.45) is 17.2 Å². The number of nitrogens with two attached hydrogens (primary N) is 3. The van der Waals surface area contributed by atoms with E-state index in [1.807, 2.05) is 10.6 Å². The van der Waals surface area contributed by atoms with E-state index < -0.39 is 48.7 Å². The SMILES string of the molecule is NC(=O)NC[C@@H](NC(=O)[C@@H](O)[C@H](O)[C@H](N)CO)C(N)=O. The monoisotopic (exact) mass is 293 g/mol. The second kappa shape index (κ2) is 8.27. The van der Waals surface area contributed by atoms with Crippen LogP contribution in [0.4, 0.5) is 4.79 Å². The quantitative estimate of drug-likeness (QED) is 0.217. The molecule has 4 amide bonds. The van der Waals surface area contributed by atoms with Crippen LogP contribution >= 0.6 is 0 Å². The van der Waals surface area contributed by atoms with Crippen LogP contribution in [0, 0.1) is 0 Å². The minimum Gasteiger partial charge on any atom is -0.395 e. The molecule has 0 unspecified atom stereocenters. The van der Waals surface area contributed by atoms with Crippen LogP contribution in [0.25, 0.3) is 0 Å². The summed E-state index contributed by atoms with van der Waals surface area (Å²) in [6.07, 6.45) is -3.72. The fourth-order valence-electron chi connectivity index (χ4n) is 1.18. The lowest BCUT2D eigenvalue weighted by Crippen LogP contribution is -2.57. The minimum atomic E-state index is -1.98. The highest BCUT2D eigenvalue weighted by Crippen LogP contribution is 1.99. The molecule has 0 spiro atoms. The Kier molecular flexibility index (Phi) is 7.46. The number of hydrogen-bond acceptors (Lipinski definition) is 7. The Morgan fingerprint density at radius 1 is 1.15 bits per heavy atom. The van der Waals surface area contributed by atoms with Crippen LogP contribution in [0.1, 0.15) is 0 Å². The van der Waals surface area contributed by atoms with Crippen molar-refractivity contribution >= 4 is 17.8 Å². The highest BCUT2D eigenvalue weighted by Gasteiger charge is 2.31. The molecule has 0 aromatic heterocycles. The van der Waals surface area contributed by atoms with E-state index in [1.165, 1.54) is 0 Å². The van der Waals surface area contributed by atoms with Crippen molar-refractivity contribution in [3.8, 4) is 0 Å². The van der Waals surface area contributed by atoms with Crippen LogP contribution in [-0.4, -0.2) is 70.6 Å². The molecule has 0 aliphatic heterocycles. The number of carbonyl (C=O) groups excluding carboxylic acids is 3. The average molecular weight is 293 g/mol. The highest BCUT2D eigenvalue weighted by atomic mass is 16.3. The van der Waals surface area contributed by atoms with Crippen molar-refractivity contribution in [2.45, 2.75) is 24.3 Å². The van der Waals surface area contributed by atoms with E-state index in [0.29, 0.717) is 0 Å². The molecule has 4 atom stereocenters. The smallest absolute Gasteiger partial charge is 0.312 e. The molecule has 0 saturated carbocycles. The van der Waals surface area contributed by atoms with Crippen molar-refractivity contribution < 1.29 is 29.7 Å². The van der Waals surface area contributed by atoms with Gasteiger partial charge in [0.25, 0.3) is 5.91 Å². The molecular weight excluding hydrogens is 274 g/mol. The molecule has 0 rings (SSSR count). The molecular formula is C9H19N5O6. The van der Waals surface area contributed by atoms with E-state index in [-0.39, 0.29) is 6.54 Å². The lowest BCUT2D eigenvalue weighted by Gasteiger charge is -2.23. The van der Waals surface area contributed by atoms with Gasteiger partial charge in [0, 0.05) is 6.54 Å². The van der Waals surface area contributed by atoms with Crippen molar-refractivity contribution in [1.82, 2.24) is 10.6 Å². The first-order valence-electron chi connectivity index (χ1n) is 5.56. The van der Waals surface area contributed by atoms with Crippen LogP contribution in [0.3, 0.4) is 0 Å². The van der Waals surface area contributed by atoms with Crippen LogP contribution < -0.4 is 27.8 Å². The number of hydrogen-bond donors (Lipinski definition) is 8. The Bertz CT molecular complexity index is 365. The van der Waals surface area contributed by atoms with Gasteiger partial charge in [0.1, 0.15) is 12.1 Å². The molecule has 0 aromatic rings. The number of carbonyl (C=O) groups is 3. The van der Waals surface area contributed by atoms with Crippen LogP contribution in [0.2, 0.25) is 0 Å². The third-order valence-electron chi connectivity index (χ3n) is 2.38. The minimum absolute atomic E-state index is 0.384. The molecule has 0 aliphatic rings. The molecule has 0 aromatic carbocycles. The van der Waals surface area contributed by atoms with Gasteiger partial charge in [-0.1, -0.05) is 0 Å². The van der Waals surface area contributed by atoms with E-state index >= 15 is 0 Å². The number of aliphatic hydroxyl groups is 3. The standard InChI is InChI=1S/C9H19N5O6/c10-3(2-15)5(16)6(17)8(19)14-4(7(11)18)1-13-9(12)20/h3-6,15-17H,1-2,10H2,(H2,11,18)(H,14,19)(H3,12,13,20)/t3-,4-,5-,6+/m1/s1. The zero-order chi connectivity index (χ0) is 15.9. The van der Waals surface area contributed by atoms with Gasteiger partial charge in [-0.2, -0.15) is 0 Å². The van der Waals surface area contributed by atoms with Gasteiger partial charge >= 0.3 is 6.03 Å². The van der Waals surface area contributed by atoms with Gasteiger partial charge in [0.2, 0.25) is 5.91 Å². The third kappa shape index (κ3) is 5.79. The zero-order valence-electron chi connectivity index (χ0n) is 10.5. The summed E-state index contributed by atoms with van der Waals surface area (Å²) in [4.78, 5) is 33.1. The summed E-state index contributed by atoms with van der Waals surface area (Å²) in [6.45, 7) is -1.04. The fourth-order valence-corrected chi connectivity index (χ4v) is 1.18. The molecule has 116 valence electrons. The molecule has 11 nitrogen and oxygen atoms in total. The summed E-state index contributed by atoms with van der Waals surface area (Å²) in [5.74, 6) is -2.13. The predicted octanol–water partition coefficient (Wildman–Crippen LogP) is -5.33. The van der Waals surface area contributed by atoms with Gasteiger partial charge in [-0.15, -0.1) is 0 Å². The number of urea groups is 1. The maximum absolute atomic E-state index is 11.6. The Balaban J connectivity index is 4.59. The average Bonchev–Trinajstić information content (AvgIpc) is 2.39. The zero-order valence-corrected chi connectivity index (χ0v) is 10.5. The normalized spacial score (nSPS) is 16.6. The largest absolute Gasteiger partial charge is 0.395 e. The first-order chi connectivity index (χ1) is 9.20. The lowest BCUT2D eigenvalue weighted by atomic mass is 10.1. The number of aliphatic hydroxyl groups excluding tert-OH is 3. The molecule has 0 saturated heterocycles. The molecule has 0 aliphatic carbocycles. The maximum atomic E-state index is 11.6. The van der Waals surface area contributed by atoms with Gasteiger partial charge in [-0.05, 0) is 0 Å². The van der Waals surface area contributed by atoms with Crippen LogP contribution in [0.5, 0.6) is 0 Å². The fraction of sp³-hybridized carbons (Fsp3) is 0.667. The Labute approximate surface area is 114 Å². The lowest BCUT2D eigenvalue weighted by molar-refractivity contribution is -0.139. The number of amides is 4. The van der Waals surface area contributed by atoms with E-state index in [1.54, 1.807) is 0 Å². The molecule has 11 N–H and O–H groups in total. The first-order valence-corrected chi connectivity index (χ1v) is 5.56. The van der Waals surface area contributed by atoms with Gasteiger partial charge in [-0.3, -0.25) is 9.59 Å². The number of primary amides is 2.